The first kappa shape index (κ1) is 18.5. The van der Waals surface area contributed by atoms with E-state index in [-0.39, 0.29) is 30.6 Å². The zero-order valence-corrected chi connectivity index (χ0v) is 16.1. The minimum absolute atomic E-state index is 0.0515. The lowest BCUT2D eigenvalue weighted by molar-refractivity contribution is -0.121. The van der Waals surface area contributed by atoms with Crippen molar-refractivity contribution in [3.05, 3.63) is 59.1 Å². The molecule has 2 heterocycles. The van der Waals surface area contributed by atoms with Gasteiger partial charge in [-0.25, -0.2) is 0 Å². The fraction of sp³-hybridized carbons (Fsp3) is 0.286. The molecule has 0 atom stereocenters. The standard InChI is InChI=1S/C21H20ClN3O3/c22-17-3-1-2-4-18(17)23-11-13-24(14-12-23)21(28)15-5-7-16(8-6-15)25-19(26)9-10-20(25)27/h1-8H,9-14H2. The Morgan fingerprint density at radius 2 is 1.43 bits per heavy atom. The molecule has 2 aromatic carbocycles. The number of nitrogens with zero attached hydrogens (tertiary/aromatic N) is 3. The summed E-state index contributed by atoms with van der Waals surface area (Å²) in [5.74, 6) is -0.441. The Morgan fingerprint density at radius 3 is 2.04 bits per heavy atom. The van der Waals surface area contributed by atoms with Gasteiger partial charge in [-0.3, -0.25) is 19.3 Å². The molecule has 2 aliphatic rings. The number of benzene rings is 2. The number of imide groups is 1. The van der Waals surface area contributed by atoms with Crippen molar-refractivity contribution in [1.29, 1.82) is 0 Å². The number of halogens is 1. The van der Waals surface area contributed by atoms with Gasteiger partial charge >= 0.3 is 0 Å². The van der Waals surface area contributed by atoms with Gasteiger partial charge in [0.1, 0.15) is 0 Å². The molecule has 7 heteroatoms. The Hall–Kier alpha value is -2.86. The van der Waals surface area contributed by atoms with E-state index in [0.717, 1.165) is 5.69 Å². The van der Waals surface area contributed by atoms with E-state index in [2.05, 4.69) is 4.90 Å². The predicted molar refractivity (Wildman–Crippen MR) is 108 cm³/mol. The second-order valence-corrected chi connectivity index (χ2v) is 7.31. The Morgan fingerprint density at radius 1 is 0.821 bits per heavy atom. The Balaban J connectivity index is 1.41. The van der Waals surface area contributed by atoms with Gasteiger partial charge in [0, 0.05) is 44.6 Å². The molecule has 0 bridgehead atoms. The Labute approximate surface area is 168 Å². The fourth-order valence-corrected chi connectivity index (χ4v) is 3.91. The molecule has 0 radical (unpaired) electrons. The van der Waals surface area contributed by atoms with E-state index in [4.69, 9.17) is 11.6 Å². The number of para-hydroxylation sites is 1. The maximum atomic E-state index is 12.8. The molecule has 0 aromatic heterocycles. The average molecular weight is 398 g/mol. The molecule has 28 heavy (non-hydrogen) atoms. The summed E-state index contributed by atoms with van der Waals surface area (Å²) >= 11 is 6.27. The van der Waals surface area contributed by atoms with Gasteiger partial charge in [0.25, 0.3) is 5.91 Å². The van der Waals surface area contributed by atoms with Crippen LogP contribution in [-0.4, -0.2) is 48.8 Å². The highest BCUT2D eigenvalue weighted by atomic mass is 35.5. The van der Waals surface area contributed by atoms with Crippen molar-refractivity contribution in [2.24, 2.45) is 0 Å². The van der Waals surface area contributed by atoms with E-state index < -0.39 is 0 Å². The highest BCUT2D eigenvalue weighted by Gasteiger charge is 2.30. The molecule has 0 N–H and O–H groups in total. The normalized spacial score (nSPS) is 17.4. The lowest BCUT2D eigenvalue weighted by atomic mass is 10.1. The number of amides is 3. The smallest absolute Gasteiger partial charge is 0.253 e. The number of carbonyl (C=O) groups excluding carboxylic acids is 3. The van der Waals surface area contributed by atoms with Crippen LogP contribution in [0.25, 0.3) is 0 Å². The third-order valence-electron chi connectivity index (χ3n) is 5.18. The van der Waals surface area contributed by atoms with Gasteiger partial charge in [-0.1, -0.05) is 23.7 Å². The third kappa shape index (κ3) is 3.47. The quantitative estimate of drug-likeness (QED) is 0.747. The average Bonchev–Trinajstić information content (AvgIpc) is 3.06. The number of rotatable bonds is 3. The summed E-state index contributed by atoms with van der Waals surface area (Å²) in [7, 11) is 0. The molecule has 0 unspecified atom stereocenters. The molecule has 0 aliphatic carbocycles. The maximum absolute atomic E-state index is 12.8. The zero-order valence-electron chi connectivity index (χ0n) is 15.3. The highest BCUT2D eigenvalue weighted by molar-refractivity contribution is 6.33. The van der Waals surface area contributed by atoms with Crippen LogP contribution in [0.3, 0.4) is 0 Å². The molecular weight excluding hydrogens is 378 g/mol. The molecule has 144 valence electrons. The molecule has 6 nitrogen and oxygen atoms in total. The van der Waals surface area contributed by atoms with Crippen LogP contribution in [0, 0.1) is 0 Å². The van der Waals surface area contributed by atoms with Crippen molar-refractivity contribution >= 4 is 40.7 Å². The number of hydrogen-bond donors (Lipinski definition) is 0. The monoisotopic (exact) mass is 397 g/mol. The number of hydrogen-bond acceptors (Lipinski definition) is 4. The molecule has 4 rings (SSSR count). The van der Waals surface area contributed by atoms with Crippen LogP contribution >= 0.6 is 11.6 Å². The molecule has 2 aromatic rings. The van der Waals surface area contributed by atoms with Crippen LogP contribution in [0.4, 0.5) is 11.4 Å². The Bertz CT molecular complexity index is 905. The topological polar surface area (TPSA) is 60.9 Å². The third-order valence-corrected chi connectivity index (χ3v) is 5.50. The van der Waals surface area contributed by atoms with Crippen molar-refractivity contribution in [2.45, 2.75) is 12.8 Å². The van der Waals surface area contributed by atoms with Gasteiger partial charge in [-0.15, -0.1) is 0 Å². The summed E-state index contributed by atoms with van der Waals surface area (Å²) in [6.07, 6.45) is 0.491. The van der Waals surface area contributed by atoms with E-state index in [1.54, 1.807) is 24.3 Å². The first-order chi connectivity index (χ1) is 13.5. The predicted octanol–water partition coefficient (Wildman–Crippen LogP) is 2.96. The van der Waals surface area contributed by atoms with Crippen molar-refractivity contribution in [2.75, 3.05) is 36.0 Å². The van der Waals surface area contributed by atoms with E-state index >= 15 is 0 Å². The van der Waals surface area contributed by atoms with Crippen molar-refractivity contribution in [3.63, 3.8) is 0 Å². The van der Waals surface area contributed by atoms with Gasteiger partial charge in [0.15, 0.2) is 0 Å². The van der Waals surface area contributed by atoms with Gasteiger partial charge in [0.2, 0.25) is 11.8 Å². The second kappa shape index (κ2) is 7.64. The van der Waals surface area contributed by atoms with Gasteiger partial charge in [-0.05, 0) is 36.4 Å². The molecule has 2 aliphatic heterocycles. The van der Waals surface area contributed by atoms with E-state index in [9.17, 15) is 14.4 Å². The highest BCUT2D eigenvalue weighted by Crippen LogP contribution is 2.27. The fourth-order valence-electron chi connectivity index (χ4n) is 3.66. The van der Waals surface area contributed by atoms with Crippen LogP contribution < -0.4 is 9.80 Å². The van der Waals surface area contributed by atoms with Crippen molar-refractivity contribution in [1.82, 2.24) is 4.90 Å². The zero-order chi connectivity index (χ0) is 19.7. The van der Waals surface area contributed by atoms with Gasteiger partial charge in [0.05, 0.1) is 16.4 Å². The lowest BCUT2D eigenvalue weighted by Gasteiger charge is -2.36. The molecule has 0 saturated carbocycles. The van der Waals surface area contributed by atoms with Crippen LogP contribution in [0.1, 0.15) is 23.2 Å². The summed E-state index contributed by atoms with van der Waals surface area (Å²) in [5.41, 5.74) is 2.06. The van der Waals surface area contributed by atoms with Gasteiger partial charge < -0.3 is 9.80 Å². The minimum atomic E-state index is -0.195. The minimum Gasteiger partial charge on any atom is -0.367 e. The molecule has 3 amide bonds. The summed E-state index contributed by atoms with van der Waals surface area (Å²) < 4.78 is 0. The van der Waals surface area contributed by atoms with E-state index in [1.807, 2.05) is 29.2 Å². The number of anilines is 2. The molecule has 0 spiro atoms. The van der Waals surface area contributed by atoms with Crippen LogP contribution in [0.2, 0.25) is 5.02 Å². The van der Waals surface area contributed by atoms with Gasteiger partial charge in [-0.2, -0.15) is 0 Å². The number of piperazine rings is 1. The maximum Gasteiger partial charge on any atom is 0.253 e. The van der Waals surface area contributed by atoms with E-state index in [1.165, 1.54) is 4.90 Å². The van der Waals surface area contributed by atoms with Crippen LogP contribution in [-0.2, 0) is 9.59 Å². The number of carbonyl (C=O) groups is 3. The largest absolute Gasteiger partial charge is 0.367 e. The molecule has 2 saturated heterocycles. The molecular formula is C21H20ClN3O3. The van der Waals surface area contributed by atoms with E-state index in [0.29, 0.717) is 42.5 Å². The van der Waals surface area contributed by atoms with Crippen LogP contribution in [0.15, 0.2) is 48.5 Å². The lowest BCUT2D eigenvalue weighted by Crippen LogP contribution is -2.48. The first-order valence-electron chi connectivity index (χ1n) is 9.29. The first-order valence-corrected chi connectivity index (χ1v) is 9.67. The summed E-state index contributed by atoms with van der Waals surface area (Å²) in [6, 6.07) is 14.4. The van der Waals surface area contributed by atoms with Crippen molar-refractivity contribution in [3.8, 4) is 0 Å². The van der Waals surface area contributed by atoms with Crippen molar-refractivity contribution < 1.29 is 14.4 Å². The summed E-state index contributed by atoms with van der Waals surface area (Å²) in [4.78, 5) is 41.7. The molecule has 2 fully saturated rings. The summed E-state index contributed by atoms with van der Waals surface area (Å²) in [5, 5.41) is 0.712. The Kier molecular flexibility index (Phi) is 5.05. The summed E-state index contributed by atoms with van der Waals surface area (Å²) in [6.45, 7) is 2.64. The SMILES string of the molecule is O=C(c1ccc(N2C(=O)CCC2=O)cc1)N1CCN(c2ccccc2Cl)CC1. The van der Waals surface area contributed by atoms with Crippen LogP contribution in [0.5, 0.6) is 0 Å². The second-order valence-electron chi connectivity index (χ2n) is 6.90.